The quantitative estimate of drug-likeness (QED) is 0.823. The van der Waals surface area contributed by atoms with Crippen LogP contribution in [0.5, 0.6) is 0 Å². The third kappa shape index (κ3) is 3.46. The van der Waals surface area contributed by atoms with Crippen LogP contribution in [-0.2, 0) is 4.74 Å². The normalized spacial score (nSPS) is 20.7. The number of nitrogens with zero attached hydrogens (tertiary/aromatic N) is 2. The maximum atomic E-state index is 13.3. The average Bonchev–Trinajstić information content (AvgIpc) is 3.18. The van der Waals surface area contributed by atoms with Crippen LogP contribution in [0, 0.1) is 11.7 Å². The van der Waals surface area contributed by atoms with Gasteiger partial charge in [-0.3, -0.25) is 9.89 Å². The largest absolute Gasteiger partial charge is 0.370 e. The topological polar surface area (TPSA) is 79.9 Å². The highest BCUT2D eigenvalue weighted by atomic mass is 35.5. The zero-order valence-corrected chi connectivity index (χ0v) is 13.4. The van der Waals surface area contributed by atoms with E-state index in [-0.39, 0.29) is 27.6 Å². The Morgan fingerprint density at radius 3 is 3.00 bits per heavy atom. The summed E-state index contributed by atoms with van der Waals surface area (Å²) in [5.41, 5.74) is 0.133. The lowest BCUT2D eigenvalue weighted by Crippen LogP contribution is -2.31. The van der Waals surface area contributed by atoms with Gasteiger partial charge in [0.2, 0.25) is 0 Å². The van der Waals surface area contributed by atoms with Crippen molar-refractivity contribution in [2.45, 2.75) is 12.5 Å². The smallest absolute Gasteiger partial charge is 0.252 e. The fraction of sp³-hybridized carbons (Fsp3) is 0.357. The van der Waals surface area contributed by atoms with Gasteiger partial charge in [0.25, 0.3) is 5.91 Å². The molecule has 0 spiro atoms. The molecule has 0 bridgehead atoms. The molecule has 2 heterocycles. The first-order valence-electron chi connectivity index (χ1n) is 6.96. The number of halogens is 3. The van der Waals surface area contributed by atoms with E-state index in [0.29, 0.717) is 19.0 Å². The highest BCUT2D eigenvalue weighted by Crippen LogP contribution is 2.32. The van der Waals surface area contributed by atoms with Crippen LogP contribution in [-0.4, -0.2) is 34.2 Å². The van der Waals surface area contributed by atoms with Crippen LogP contribution < -0.4 is 5.32 Å². The molecule has 2 N–H and O–H groups in total. The first-order valence-corrected chi connectivity index (χ1v) is 7.71. The third-order valence-electron chi connectivity index (χ3n) is 3.70. The molecule has 1 amide bonds. The predicted octanol–water partition coefficient (Wildman–Crippen LogP) is 2.76. The first kappa shape index (κ1) is 16.2. The van der Waals surface area contributed by atoms with Gasteiger partial charge in [-0.25, -0.2) is 9.37 Å². The van der Waals surface area contributed by atoms with Gasteiger partial charge in [0.05, 0.1) is 15.6 Å². The van der Waals surface area contributed by atoms with Crippen LogP contribution >= 0.6 is 23.2 Å². The lowest BCUT2D eigenvalue weighted by atomic mass is 10.0. The number of aromatic nitrogens is 3. The Bertz CT molecular complexity index is 711. The number of hydrogen-bond acceptors (Lipinski definition) is 4. The van der Waals surface area contributed by atoms with Gasteiger partial charge >= 0.3 is 0 Å². The van der Waals surface area contributed by atoms with Crippen molar-refractivity contribution >= 4 is 29.1 Å². The predicted molar refractivity (Wildman–Crippen MR) is 81.9 cm³/mol. The van der Waals surface area contributed by atoms with Gasteiger partial charge in [0.1, 0.15) is 18.2 Å². The summed E-state index contributed by atoms with van der Waals surface area (Å²) >= 11 is 11.6. The number of amides is 1. The van der Waals surface area contributed by atoms with Gasteiger partial charge < -0.3 is 10.1 Å². The van der Waals surface area contributed by atoms with E-state index < -0.39 is 11.7 Å². The van der Waals surface area contributed by atoms with Crippen LogP contribution in [0.3, 0.4) is 0 Å². The molecule has 1 aliphatic heterocycles. The molecule has 1 aromatic carbocycles. The van der Waals surface area contributed by atoms with Crippen molar-refractivity contribution < 1.29 is 13.9 Å². The molecule has 0 radical (unpaired) electrons. The Morgan fingerprint density at radius 2 is 2.26 bits per heavy atom. The van der Waals surface area contributed by atoms with E-state index in [1.165, 1.54) is 12.4 Å². The monoisotopic (exact) mass is 358 g/mol. The minimum atomic E-state index is -0.664. The van der Waals surface area contributed by atoms with E-state index in [1.54, 1.807) is 0 Å². The Kier molecular flexibility index (Phi) is 4.79. The second-order valence-electron chi connectivity index (χ2n) is 5.17. The summed E-state index contributed by atoms with van der Waals surface area (Å²) in [5, 5.41) is 9.21. The Balaban J connectivity index is 1.66. The zero-order chi connectivity index (χ0) is 16.4. The number of hydrogen-bond donors (Lipinski definition) is 2. The Hall–Kier alpha value is -1.70. The number of carbonyl (C=O) groups excluding carboxylic acids is 1. The SMILES string of the molecule is O=C(NC[C@@H]1CCO[C@@H]1c1ncn[nH]1)c1cc(Cl)c(F)cc1Cl. The van der Waals surface area contributed by atoms with E-state index in [9.17, 15) is 9.18 Å². The second-order valence-corrected chi connectivity index (χ2v) is 5.98. The Morgan fingerprint density at radius 1 is 1.43 bits per heavy atom. The number of H-pyrrole nitrogens is 1. The molecule has 1 fully saturated rings. The van der Waals surface area contributed by atoms with Crippen molar-refractivity contribution in [3.63, 3.8) is 0 Å². The molecule has 0 unspecified atom stereocenters. The summed E-state index contributed by atoms with van der Waals surface area (Å²) < 4.78 is 18.9. The van der Waals surface area contributed by atoms with Gasteiger partial charge in [-0.2, -0.15) is 5.10 Å². The number of benzene rings is 1. The Labute approximate surface area is 141 Å². The van der Waals surface area contributed by atoms with Crippen molar-refractivity contribution in [2.75, 3.05) is 13.2 Å². The number of carbonyl (C=O) groups is 1. The minimum absolute atomic E-state index is 0.0128. The van der Waals surface area contributed by atoms with Gasteiger partial charge in [0, 0.05) is 19.1 Å². The molecule has 2 aromatic rings. The van der Waals surface area contributed by atoms with Crippen LogP contribution in [0.4, 0.5) is 4.39 Å². The highest BCUT2D eigenvalue weighted by Gasteiger charge is 2.32. The zero-order valence-electron chi connectivity index (χ0n) is 11.9. The molecule has 0 aliphatic carbocycles. The molecule has 0 saturated carbocycles. The average molecular weight is 359 g/mol. The van der Waals surface area contributed by atoms with Crippen molar-refractivity contribution in [1.82, 2.24) is 20.5 Å². The summed E-state index contributed by atoms with van der Waals surface area (Å²) in [6.45, 7) is 0.949. The lowest BCUT2D eigenvalue weighted by Gasteiger charge is -2.17. The number of nitrogens with one attached hydrogen (secondary N) is 2. The summed E-state index contributed by atoms with van der Waals surface area (Å²) in [6.07, 6.45) is 1.95. The summed E-state index contributed by atoms with van der Waals surface area (Å²) in [7, 11) is 0. The third-order valence-corrected chi connectivity index (χ3v) is 4.30. The van der Waals surface area contributed by atoms with Crippen LogP contribution in [0.25, 0.3) is 0 Å². The van der Waals surface area contributed by atoms with E-state index in [4.69, 9.17) is 27.9 Å². The van der Waals surface area contributed by atoms with Crippen molar-refractivity contribution in [3.8, 4) is 0 Å². The summed E-state index contributed by atoms with van der Waals surface area (Å²) in [5.74, 6) is -0.394. The molecule has 2 atom stereocenters. The van der Waals surface area contributed by atoms with E-state index in [0.717, 1.165) is 12.5 Å². The molecule has 23 heavy (non-hydrogen) atoms. The molecule has 1 aliphatic rings. The van der Waals surface area contributed by atoms with Crippen molar-refractivity contribution in [1.29, 1.82) is 0 Å². The lowest BCUT2D eigenvalue weighted by molar-refractivity contribution is 0.0799. The van der Waals surface area contributed by atoms with Crippen LogP contribution in [0.2, 0.25) is 10.0 Å². The molecule has 6 nitrogen and oxygen atoms in total. The standard InChI is InChI=1S/C14H13Cl2FN4O2/c15-9-4-11(17)10(16)3-8(9)14(22)18-5-7-1-2-23-12(7)13-19-6-20-21-13/h3-4,6-7,12H,1-2,5H2,(H,18,22)(H,19,20,21)/t7-,12-/m0/s1. The van der Waals surface area contributed by atoms with Crippen LogP contribution in [0.1, 0.15) is 28.7 Å². The molecular formula is C14H13Cl2FN4O2. The van der Waals surface area contributed by atoms with Gasteiger partial charge in [0.15, 0.2) is 5.82 Å². The van der Waals surface area contributed by atoms with Gasteiger partial charge in [-0.15, -0.1) is 0 Å². The number of aromatic amines is 1. The summed E-state index contributed by atoms with van der Waals surface area (Å²) in [6, 6.07) is 2.24. The fourth-order valence-electron chi connectivity index (χ4n) is 2.51. The highest BCUT2D eigenvalue weighted by molar-refractivity contribution is 6.35. The minimum Gasteiger partial charge on any atom is -0.370 e. The van der Waals surface area contributed by atoms with E-state index >= 15 is 0 Å². The maximum absolute atomic E-state index is 13.3. The molecular weight excluding hydrogens is 346 g/mol. The molecule has 9 heteroatoms. The van der Waals surface area contributed by atoms with Crippen molar-refractivity contribution in [3.05, 3.63) is 45.7 Å². The van der Waals surface area contributed by atoms with E-state index in [1.807, 2.05) is 0 Å². The second kappa shape index (κ2) is 6.82. The maximum Gasteiger partial charge on any atom is 0.252 e. The number of rotatable bonds is 4. The fourth-order valence-corrected chi connectivity index (χ4v) is 2.91. The van der Waals surface area contributed by atoms with Gasteiger partial charge in [-0.1, -0.05) is 23.2 Å². The summed E-state index contributed by atoms with van der Waals surface area (Å²) in [4.78, 5) is 16.3. The molecule has 3 rings (SSSR count). The molecule has 1 saturated heterocycles. The van der Waals surface area contributed by atoms with E-state index in [2.05, 4.69) is 20.5 Å². The molecule has 122 valence electrons. The van der Waals surface area contributed by atoms with Crippen molar-refractivity contribution in [2.24, 2.45) is 5.92 Å². The molecule has 1 aromatic heterocycles. The van der Waals surface area contributed by atoms with Gasteiger partial charge in [-0.05, 0) is 18.6 Å². The first-order chi connectivity index (χ1) is 11.1. The van der Waals surface area contributed by atoms with Crippen LogP contribution in [0.15, 0.2) is 18.5 Å². The number of ether oxygens (including phenoxy) is 1.